The van der Waals surface area contributed by atoms with Crippen LogP contribution in [0, 0.1) is 0 Å². The van der Waals surface area contributed by atoms with Gasteiger partial charge in [0, 0.05) is 11.6 Å². The third-order valence-electron chi connectivity index (χ3n) is 2.91. The Morgan fingerprint density at radius 1 is 1.27 bits per heavy atom. The van der Waals surface area contributed by atoms with E-state index in [4.69, 9.17) is 5.11 Å². The molecule has 0 aliphatic heterocycles. The molecule has 0 amide bonds. The van der Waals surface area contributed by atoms with E-state index in [1.165, 1.54) is 5.51 Å². The van der Waals surface area contributed by atoms with Crippen LogP contribution in [0.15, 0.2) is 42.0 Å². The fraction of sp³-hybridized carbons (Fsp3) is 0. The highest BCUT2D eigenvalue weighted by Gasteiger charge is 2.24. The topological polar surface area (TPSA) is 104 Å². The van der Waals surface area contributed by atoms with E-state index in [9.17, 15) is 13.6 Å². The van der Waals surface area contributed by atoms with E-state index in [0.717, 1.165) is 26.5 Å². The summed E-state index contributed by atoms with van der Waals surface area (Å²) >= 11 is -1.45. The summed E-state index contributed by atoms with van der Waals surface area (Å²) in [5.74, 6) is -1.26. The molecule has 112 valence electrons. The van der Waals surface area contributed by atoms with Crippen LogP contribution in [0.1, 0.15) is 10.5 Å². The second-order valence-corrected chi connectivity index (χ2v) is 5.88. The van der Waals surface area contributed by atoms with Crippen molar-refractivity contribution in [2.24, 2.45) is 0 Å². The third kappa shape index (κ3) is 2.56. The zero-order chi connectivity index (χ0) is 15.7. The number of anilines is 2. The molecule has 1 atom stereocenters. The van der Waals surface area contributed by atoms with Gasteiger partial charge in [-0.15, -0.1) is 11.3 Å². The molecule has 0 fully saturated rings. The smallest absolute Gasteiger partial charge is 0.357 e. The molecule has 0 aliphatic carbocycles. The molecule has 0 bridgehead atoms. The Hall–Kier alpha value is -2.36. The van der Waals surface area contributed by atoms with E-state index in [-0.39, 0.29) is 10.7 Å². The maximum atomic E-state index is 11.7. The van der Waals surface area contributed by atoms with Crippen LogP contribution in [0.5, 0.6) is 0 Å². The first-order valence-electron chi connectivity index (χ1n) is 6.00. The van der Waals surface area contributed by atoms with Crippen molar-refractivity contribution in [2.75, 3.05) is 4.31 Å². The summed E-state index contributed by atoms with van der Waals surface area (Å²) in [5, 5.41) is 10.00. The van der Waals surface area contributed by atoms with Crippen molar-refractivity contribution in [3.05, 3.63) is 47.7 Å². The van der Waals surface area contributed by atoms with E-state index in [1.807, 2.05) is 6.07 Å². The summed E-state index contributed by atoms with van der Waals surface area (Å²) < 4.78 is 22.3. The maximum absolute atomic E-state index is 11.7. The van der Waals surface area contributed by atoms with Gasteiger partial charge in [0.1, 0.15) is 5.00 Å². The van der Waals surface area contributed by atoms with Crippen LogP contribution in [0.25, 0.3) is 10.9 Å². The first kappa shape index (κ1) is 14.6. The number of aromatic nitrogens is 2. The number of carboxylic acid groups (broad SMARTS) is 1. The summed E-state index contributed by atoms with van der Waals surface area (Å²) in [6, 6.07) is 8.54. The van der Waals surface area contributed by atoms with Gasteiger partial charge in [0.05, 0.1) is 16.7 Å². The quantitative estimate of drug-likeness (QED) is 0.710. The molecule has 0 aliphatic rings. The fourth-order valence-electron chi connectivity index (χ4n) is 2.00. The number of thiazole rings is 1. The molecule has 2 heterocycles. The van der Waals surface area contributed by atoms with Crippen LogP contribution in [0.2, 0.25) is 0 Å². The zero-order valence-corrected chi connectivity index (χ0v) is 12.5. The van der Waals surface area contributed by atoms with Gasteiger partial charge in [0.2, 0.25) is 0 Å². The Kier molecular flexibility index (Phi) is 3.84. The molecule has 3 rings (SSSR count). The minimum atomic E-state index is -2.43. The molecule has 3 aromatic rings. The van der Waals surface area contributed by atoms with E-state index in [1.54, 1.807) is 30.5 Å². The lowest BCUT2D eigenvalue weighted by molar-refractivity contribution is 0.0692. The van der Waals surface area contributed by atoms with Gasteiger partial charge in [-0.1, -0.05) is 6.07 Å². The van der Waals surface area contributed by atoms with Crippen molar-refractivity contribution < 1.29 is 18.7 Å². The fourth-order valence-corrected chi connectivity index (χ4v) is 3.55. The van der Waals surface area contributed by atoms with Crippen LogP contribution < -0.4 is 4.31 Å². The lowest BCUT2D eigenvalue weighted by atomic mass is 10.2. The number of pyridine rings is 1. The summed E-state index contributed by atoms with van der Waals surface area (Å²) in [7, 11) is 0. The second-order valence-electron chi connectivity index (χ2n) is 4.22. The van der Waals surface area contributed by atoms with Crippen molar-refractivity contribution in [3.8, 4) is 0 Å². The summed E-state index contributed by atoms with van der Waals surface area (Å²) in [5.41, 5.74) is 2.17. The molecule has 1 unspecified atom stereocenters. The van der Waals surface area contributed by atoms with Crippen LogP contribution in [-0.4, -0.2) is 29.8 Å². The Balaban J connectivity index is 2.16. The van der Waals surface area contributed by atoms with Crippen molar-refractivity contribution in [1.82, 2.24) is 9.97 Å². The number of nitrogens with zero attached hydrogens (tertiary/aromatic N) is 3. The van der Waals surface area contributed by atoms with Crippen molar-refractivity contribution in [3.63, 3.8) is 0 Å². The summed E-state index contributed by atoms with van der Waals surface area (Å²) in [6.45, 7) is 0. The Morgan fingerprint density at radius 2 is 2.09 bits per heavy atom. The highest BCUT2D eigenvalue weighted by Crippen LogP contribution is 2.34. The average Bonchev–Trinajstić information content (AvgIpc) is 2.96. The molecule has 0 saturated heterocycles. The standard InChI is InChI=1S/C13H9N3O4S2/c17-13(18)11-12(21-7-15-11)16(22(19)20)9-3-4-10-8(6-9)2-1-5-14-10/h1-7H,(H,17,18)(H,19,20). The number of rotatable bonds is 4. The first-order valence-corrected chi connectivity index (χ1v) is 7.95. The first-order chi connectivity index (χ1) is 10.6. The van der Waals surface area contributed by atoms with Gasteiger partial charge >= 0.3 is 5.97 Å². The van der Waals surface area contributed by atoms with Gasteiger partial charge in [-0.3, -0.25) is 9.54 Å². The van der Waals surface area contributed by atoms with Crippen LogP contribution in [0.3, 0.4) is 0 Å². The number of carbonyl (C=O) groups is 1. The largest absolute Gasteiger partial charge is 0.476 e. The van der Waals surface area contributed by atoms with Gasteiger partial charge in [-0.05, 0) is 24.3 Å². The summed E-state index contributed by atoms with van der Waals surface area (Å²) in [4.78, 5) is 19.1. The lowest BCUT2D eigenvalue weighted by Crippen LogP contribution is -2.20. The number of fused-ring (bicyclic) bond motifs is 1. The number of hydrogen-bond donors (Lipinski definition) is 2. The molecular formula is C13H9N3O4S2. The second kappa shape index (κ2) is 5.79. The molecule has 0 radical (unpaired) electrons. The molecule has 0 spiro atoms. The number of benzene rings is 1. The molecule has 2 N–H and O–H groups in total. The Bertz CT molecular complexity index is 880. The normalized spacial score (nSPS) is 12.2. The average molecular weight is 335 g/mol. The maximum Gasteiger partial charge on any atom is 0.357 e. The van der Waals surface area contributed by atoms with Crippen LogP contribution >= 0.6 is 11.3 Å². The molecule has 0 saturated carbocycles. The SMILES string of the molecule is O=C(O)c1ncsc1N(c1ccc2ncccc2c1)S(=O)O. The van der Waals surface area contributed by atoms with E-state index in [2.05, 4.69) is 9.97 Å². The third-order valence-corrected chi connectivity index (χ3v) is 4.54. The van der Waals surface area contributed by atoms with Gasteiger partial charge in [-0.2, -0.15) is 0 Å². The van der Waals surface area contributed by atoms with Crippen molar-refractivity contribution >= 4 is 50.2 Å². The molecule has 1 aromatic carbocycles. The highest BCUT2D eigenvalue weighted by molar-refractivity contribution is 7.81. The Labute approximate surface area is 131 Å². The minimum Gasteiger partial charge on any atom is -0.476 e. The minimum absolute atomic E-state index is 0.0940. The molecular weight excluding hydrogens is 326 g/mol. The number of aromatic carboxylic acids is 1. The summed E-state index contributed by atoms with van der Waals surface area (Å²) in [6.07, 6.45) is 1.65. The van der Waals surface area contributed by atoms with E-state index >= 15 is 0 Å². The number of carboxylic acids is 1. The van der Waals surface area contributed by atoms with Crippen LogP contribution in [0.4, 0.5) is 10.7 Å². The van der Waals surface area contributed by atoms with E-state index < -0.39 is 17.2 Å². The predicted octanol–water partition coefficient (Wildman–Crippen LogP) is 2.66. The number of hydrogen-bond acceptors (Lipinski definition) is 5. The van der Waals surface area contributed by atoms with Gasteiger partial charge in [0.25, 0.3) is 11.3 Å². The molecule has 7 nitrogen and oxygen atoms in total. The highest BCUT2D eigenvalue weighted by atomic mass is 32.2. The van der Waals surface area contributed by atoms with Crippen molar-refractivity contribution in [2.45, 2.75) is 0 Å². The van der Waals surface area contributed by atoms with Crippen LogP contribution in [-0.2, 0) is 11.3 Å². The van der Waals surface area contributed by atoms with Gasteiger partial charge < -0.3 is 5.11 Å². The zero-order valence-electron chi connectivity index (χ0n) is 10.9. The van der Waals surface area contributed by atoms with Gasteiger partial charge in [-0.25, -0.2) is 18.3 Å². The lowest BCUT2D eigenvalue weighted by Gasteiger charge is -2.18. The molecule has 9 heteroatoms. The molecule has 22 heavy (non-hydrogen) atoms. The monoisotopic (exact) mass is 335 g/mol. The van der Waals surface area contributed by atoms with Gasteiger partial charge in [0.15, 0.2) is 5.69 Å². The van der Waals surface area contributed by atoms with Crippen molar-refractivity contribution in [1.29, 1.82) is 0 Å². The van der Waals surface area contributed by atoms with E-state index in [0.29, 0.717) is 5.69 Å². The molecule has 2 aromatic heterocycles. The Morgan fingerprint density at radius 3 is 2.82 bits per heavy atom. The predicted molar refractivity (Wildman–Crippen MR) is 83.7 cm³/mol.